The molecule has 18 heavy (non-hydrogen) atoms. The summed E-state index contributed by atoms with van der Waals surface area (Å²) in [6.07, 6.45) is 0. The molecule has 1 nitrogen and oxygen atoms in total. The van der Waals surface area contributed by atoms with Crippen LogP contribution in [0.2, 0.25) is 0 Å². The molecule has 0 unspecified atom stereocenters. The van der Waals surface area contributed by atoms with Crippen LogP contribution in [0.5, 0.6) is 0 Å². The molecule has 0 saturated carbocycles. The van der Waals surface area contributed by atoms with Gasteiger partial charge in [0.1, 0.15) is 0 Å². The molecular formula is C17H19N. The van der Waals surface area contributed by atoms with Gasteiger partial charge in [0.05, 0.1) is 0 Å². The molecule has 1 N–H and O–H groups in total. The van der Waals surface area contributed by atoms with E-state index >= 15 is 0 Å². The van der Waals surface area contributed by atoms with Gasteiger partial charge in [-0.1, -0.05) is 17.7 Å². The Morgan fingerprint density at radius 3 is 2.17 bits per heavy atom. The maximum Gasteiger partial charge on any atom is 0.0500 e. The van der Waals surface area contributed by atoms with Crippen molar-refractivity contribution in [2.24, 2.45) is 0 Å². The van der Waals surface area contributed by atoms with Gasteiger partial charge in [0.2, 0.25) is 0 Å². The Kier molecular flexibility index (Phi) is 2.28. The van der Waals surface area contributed by atoms with E-state index in [4.69, 9.17) is 0 Å². The Labute approximate surface area is 108 Å². The zero-order valence-electron chi connectivity index (χ0n) is 11.7. The van der Waals surface area contributed by atoms with E-state index in [1.54, 1.807) is 0 Å². The fourth-order valence-corrected chi connectivity index (χ4v) is 3.05. The van der Waals surface area contributed by atoms with Crippen LogP contribution in [0.15, 0.2) is 18.2 Å². The highest BCUT2D eigenvalue weighted by Gasteiger charge is 2.12. The lowest BCUT2D eigenvalue weighted by Gasteiger charge is -2.05. The number of aryl methyl sites for hydroxylation is 5. The average molecular weight is 237 g/mol. The van der Waals surface area contributed by atoms with E-state index in [0.717, 1.165) is 0 Å². The number of aromatic amines is 1. The molecule has 0 bridgehead atoms. The van der Waals surface area contributed by atoms with Crippen LogP contribution >= 0.6 is 0 Å². The molecule has 1 heteroatoms. The van der Waals surface area contributed by atoms with Gasteiger partial charge in [0.15, 0.2) is 0 Å². The van der Waals surface area contributed by atoms with E-state index in [1.165, 1.54) is 49.6 Å². The van der Waals surface area contributed by atoms with Gasteiger partial charge in [0.25, 0.3) is 0 Å². The molecule has 1 aromatic heterocycles. The number of H-pyrrole nitrogens is 1. The lowest BCUT2D eigenvalue weighted by Crippen LogP contribution is -1.85. The van der Waals surface area contributed by atoms with Crippen molar-refractivity contribution < 1.29 is 0 Å². The van der Waals surface area contributed by atoms with Gasteiger partial charge >= 0.3 is 0 Å². The maximum atomic E-state index is 3.62. The number of fused-ring (bicyclic) bond motifs is 3. The first-order valence-electron chi connectivity index (χ1n) is 6.48. The van der Waals surface area contributed by atoms with Gasteiger partial charge in [0, 0.05) is 21.8 Å². The topological polar surface area (TPSA) is 15.8 Å². The Bertz CT molecular complexity index is 775. The van der Waals surface area contributed by atoms with Crippen molar-refractivity contribution >= 4 is 21.8 Å². The largest absolute Gasteiger partial charge is 0.354 e. The molecule has 2 aromatic carbocycles. The molecule has 0 aliphatic carbocycles. The minimum atomic E-state index is 1.28. The van der Waals surface area contributed by atoms with Crippen LogP contribution in [-0.2, 0) is 0 Å². The van der Waals surface area contributed by atoms with Crippen LogP contribution in [0.4, 0.5) is 0 Å². The number of nitrogens with one attached hydrogen (secondary N) is 1. The van der Waals surface area contributed by atoms with Gasteiger partial charge in [-0.25, -0.2) is 0 Å². The van der Waals surface area contributed by atoms with Crippen molar-refractivity contribution in [1.82, 2.24) is 4.98 Å². The highest BCUT2D eigenvalue weighted by atomic mass is 14.7. The van der Waals surface area contributed by atoms with E-state index in [-0.39, 0.29) is 0 Å². The second kappa shape index (κ2) is 3.61. The minimum absolute atomic E-state index is 1.28. The summed E-state index contributed by atoms with van der Waals surface area (Å²) in [5, 5.41) is 2.75. The minimum Gasteiger partial charge on any atom is -0.354 e. The highest BCUT2D eigenvalue weighted by Crippen LogP contribution is 2.33. The molecule has 0 fully saturated rings. The molecule has 0 aliphatic rings. The van der Waals surface area contributed by atoms with E-state index < -0.39 is 0 Å². The second-order valence-corrected chi connectivity index (χ2v) is 5.51. The van der Waals surface area contributed by atoms with Gasteiger partial charge in [-0.2, -0.15) is 0 Å². The van der Waals surface area contributed by atoms with Crippen LogP contribution in [0.25, 0.3) is 21.8 Å². The summed E-state index contributed by atoms with van der Waals surface area (Å²) in [6, 6.07) is 6.83. The molecule has 0 spiro atoms. The molecule has 0 amide bonds. The zero-order valence-corrected chi connectivity index (χ0v) is 11.7. The van der Waals surface area contributed by atoms with Crippen molar-refractivity contribution in [3.05, 3.63) is 46.0 Å². The molecule has 3 aromatic rings. The van der Waals surface area contributed by atoms with Gasteiger partial charge in [-0.3, -0.25) is 0 Å². The van der Waals surface area contributed by atoms with Crippen LogP contribution in [0.1, 0.15) is 27.8 Å². The number of benzene rings is 2. The summed E-state index contributed by atoms with van der Waals surface area (Å²) in [7, 11) is 0. The van der Waals surface area contributed by atoms with E-state index in [1.807, 2.05) is 0 Å². The molecular weight excluding hydrogens is 218 g/mol. The van der Waals surface area contributed by atoms with Crippen molar-refractivity contribution in [3.8, 4) is 0 Å². The fraction of sp³-hybridized carbons (Fsp3) is 0.294. The first kappa shape index (κ1) is 11.3. The first-order valence-corrected chi connectivity index (χ1v) is 6.48. The highest BCUT2D eigenvalue weighted by molar-refractivity contribution is 6.11. The van der Waals surface area contributed by atoms with Crippen LogP contribution < -0.4 is 0 Å². The summed E-state index contributed by atoms with van der Waals surface area (Å²) < 4.78 is 0. The van der Waals surface area contributed by atoms with E-state index in [2.05, 4.69) is 57.8 Å². The van der Waals surface area contributed by atoms with Crippen molar-refractivity contribution in [2.45, 2.75) is 34.6 Å². The third-order valence-corrected chi connectivity index (χ3v) is 4.04. The van der Waals surface area contributed by atoms with E-state index in [0.29, 0.717) is 0 Å². The summed E-state index contributed by atoms with van der Waals surface area (Å²) in [5.74, 6) is 0. The molecule has 3 rings (SSSR count). The first-order chi connectivity index (χ1) is 8.49. The molecule has 0 aliphatic heterocycles. The van der Waals surface area contributed by atoms with Gasteiger partial charge in [-0.15, -0.1) is 0 Å². The smallest absolute Gasteiger partial charge is 0.0500 e. The molecule has 92 valence electrons. The van der Waals surface area contributed by atoms with Crippen LogP contribution in [0.3, 0.4) is 0 Å². The SMILES string of the molecule is Cc1cc(C)c2[nH]c3c(C)c(C)cc(C)c3c2c1. The van der Waals surface area contributed by atoms with Crippen molar-refractivity contribution in [3.63, 3.8) is 0 Å². The summed E-state index contributed by atoms with van der Waals surface area (Å²) in [4.78, 5) is 3.62. The quantitative estimate of drug-likeness (QED) is 0.574. The number of rotatable bonds is 0. The Balaban J connectivity index is 2.64. The van der Waals surface area contributed by atoms with Gasteiger partial charge in [-0.05, 0) is 62.9 Å². The predicted molar refractivity (Wildman–Crippen MR) is 79.5 cm³/mol. The molecule has 0 radical (unpaired) electrons. The normalized spacial score (nSPS) is 11.6. The Morgan fingerprint density at radius 2 is 1.44 bits per heavy atom. The molecule has 0 saturated heterocycles. The van der Waals surface area contributed by atoms with E-state index in [9.17, 15) is 0 Å². The number of aromatic nitrogens is 1. The zero-order chi connectivity index (χ0) is 13.0. The number of hydrogen-bond acceptors (Lipinski definition) is 0. The Morgan fingerprint density at radius 1 is 0.722 bits per heavy atom. The maximum absolute atomic E-state index is 3.62. The monoisotopic (exact) mass is 237 g/mol. The lowest BCUT2D eigenvalue weighted by molar-refractivity contribution is 1.32. The Hall–Kier alpha value is -1.76. The molecule has 0 atom stereocenters. The standard InChI is InChI=1S/C17H19N/c1-9-6-12(4)16-14(7-9)15-11(3)8-10(2)13(5)17(15)18-16/h6-8,18H,1-5H3. The molecule has 1 heterocycles. The van der Waals surface area contributed by atoms with Crippen molar-refractivity contribution in [2.75, 3.05) is 0 Å². The van der Waals surface area contributed by atoms with Gasteiger partial charge < -0.3 is 4.98 Å². The average Bonchev–Trinajstić information content (AvgIpc) is 2.66. The third kappa shape index (κ3) is 1.40. The summed E-state index contributed by atoms with van der Waals surface area (Å²) >= 11 is 0. The predicted octanol–water partition coefficient (Wildman–Crippen LogP) is 4.86. The summed E-state index contributed by atoms with van der Waals surface area (Å²) in [5.41, 5.74) is 9.34. The lowest BCUT2D eigenvalue weighted by atomic mass is 9.99. The number of hydrogen-bond donors (Lipinski definition) is 1. The fourth-order valence-electron chi connectivity index (χ4n) is 3.05. The van der Waals surface area contributed by atoms with Crippen LogP contribution in [0, 0.1) is 34.6 Å². The van der Waals surface area contributed by atoms with Crippen molar-refractivity contribution in [1.29, 1.82) is 0 Å². The third-order valence-electron chi connectivity index (χ3n) is 4.04. The second-order valence-electron chi connectivity index (χ2n) is 5.51. The summed E-state index contributed by atoms with van der Waals surface area (Å²) in [6.45, 7) is 10.9. The van der Waals surface area contributed by atoms with Crippen LogP contribution in [-0.4, -0.2) is 4.98 Å².